The van der Waals surface area contributed by atoms with Crippen LogP contribution in [0.2, 0.25) is 10.0 Å². The van der Waals surface area contributed by atoms with Gasteiger partial charge >= 0.3 is 6.61 Å². The molecule has 1 heterocycles. The first-order valence-electron chi connectivity index (χ1n) is 9.07. The number of ether oxygens (including phenoxy) is 2. The van der Waals surface area contributed by atoms with Crippen molar-refractivity contribution in [2.75, 3.05) is 0 Å². The van der Waals surface area contributed by atoms with E-state index in [1.807, 2.05) is 18.4 Å². The van der Waals surface area contributed by atoms with Crippen LogP contribution in [-0.4, -0.2) is 23.1 Å². The van der Waals surface area contributed by atoms with Crippen molar-refractivity contribution in [2.45, 2.75) is 33.5 Å². The molecule has 3 aromatic rings. The first kappa shape index (κ1) is 22.1. The molecule has 8 heteroatoms. The van der Waals surface area contributed by atoms with Gasteiger partial charge in [-0.25, -0.2) is 0 Å². The maximum atomic E-state index is 13.0. The minimum Gasteiger partial charge on any atom is -0.481 e. The smallest absolute Gasteiger partial charge is 0.387 e. The van der Waals surface area contributed by atoms with Crippen molar-refractivity contribution >= 4 is 29.0 Å². The highest BCUT2D eigenvalue weighted by atomic mass is 35.5. The summed E-state index contributed by atoms with van der Waals surface area (Å²) in [4.78, 5) is 13.0. The molecule has 0 spiro atoms. The van der Waals surface area contributed by atoms with Crippen LogP contribution in [0.3, 0.4) is 0 Å². The fourth-order valence-electron chi connectivity index (χ4n) is 3.22. The van der Waals surface area contributed by atoms with Crippen molar-refractivity contribution in [3.05, 3.63) is 75.5 Å². The van der Waals surface area contributed by atoms with Gasteiger partial charge in [0.2, 0.25) is 5.78 Å². The number of hydrogen-bond acceptors (Lipinski definition) is 3. The van der Waals surface area contributed by atoms with Crippen molar-refractivity contribution in [2.24, 2.45) is 0 Å². The topological polar surface area (TPSA) is 40.5 Å². The number of rotatable bonds is 7. The molecule has 0 radical (unpaired) electrons. The number of Topliss-reactive ketones (excluding diaryl/α,β-unsaturated/α-hetero) is 1. The monoisotopic (exact) mass is 453 g/mol. The van der Waals surface area contributed by atoms with Gasteiger partial charge in [0.05, 0.1) is 5.02 Å². The van der Waals surface area contributed by atoms with Gasteiger partial charge in [0.1, 0.15) is 11.5 Å². The number of nitrogens with zero attached hydrogens (tertiary/aromatic N) is 1. The molecule has 4 nitrogen and oxygen atoms in total. The lowest BCUT2D eigenvalue weighted by Gasteiger charge is -2.15. The Kier molecular flexibility index (Phi) is 6.68. The van der Waals surface area contributed by atoms with E-state index in [1.165, 1.54) is 12.1 Å². The summed E-state index contributed by atoms with van der Waals surface area (Å²) in [5.41, 5.74) is 2.72. The van der Waals surface area contributed by atoms with E-state index in [2.05, 4.69) is 4.74 Å². The minimum atomic E-state index is -2.88. The maximum absolute atomic E-state index is 13.0. The highest BCUT2D eigenvalue weighted by Crippen LogP contribution is 2.30. The Morgan fingerprint density at radius 1 is 1.00 bits per heavy atom. The molecule has 30 heavy (non-hydrogen) atoms. The summed E-state index contributed by atoms with van der Waals surface area (Å²) in [6.07, 6.45) is -0.795. The zero-order valence-electron chi connectivity index (χ0n) is 16.5. The summed E-state index contributed by atoms with van der Waals surface area (Å²) < 4.78 is 36.7. The van der Waals surface area contributed by atoms with E-state index in [1.54, 1.807) is 43.3 Å². The Hall–Kier alpha value is -2.57. The van der Waals surface area contributed by atoms with Gasteiger partial charge in [-0.05, 0) is 63.2 Å². The SMILES string of the molecule is Cc1cc(C(=O)C(C)Oc2cc(Cl)ccc2Cl)c(C)n1-c1ccc(OC(F)F)cc1. The van der Waals surface area contributed by atoms with Crippen LogP contribution >= 0.6 is 23.2 Å². The quantitative estimate of drug-likeness (QED) is 0.375. The maximum Gasteiger partial charge on any atom is 0.387 e. The zero-order valence-corrected chi connectivity index (χ0v) is 18.0. The predicted molar refractivity (Wildman–Crippen MR) is 113 cm³/mol. The highest BCUT2D eigenvalue weighted by molar-refractivity contribution is 6.34. The second-order valence-corrected chi connectivity index (χ2v) is 7.54. The average Bonchev–Trinajstić information content (AvgIpc) is 2.98. The molecule has 0 amide bonds. The molecular weight excluding hydrogens is 435 g/mol. The van der Waals surface area contributed by atoms with Gasteiger partial charge in [-0.2, -0.15) is 8.78 Å². The standard InChI is InChI=1S/C22H19Cl2F2NO3/c1-12-10-18(21(28)14(3)29-20-11-15(23)4-9-19(20)24)13(2)27(12)16-5-7-17(8-6-16)30-22(25)26/h4-11,14,22H,1-3H3. The molecule has 0 saturated heterocycles. The van der Waals surface area contributed by atoms with Crippen molar-refractivity contribution in [1.82, 2.24) is 4.57 Å². The van der Waals surface area contributed by atoms with Crippen LogP contribution in [-0.2, 0) is 0 Å². The van der Waals surface area contributed by atoms with Crippen LogP contribution in [0.5, 0.6) is 11.5 Å². The number of aryl methyl sites for hydroxylation is 1. The molecule has 0 aliphatic rings. The Morgan fingerprint density at radius 2 is 1.67 bits per heavy atom. The molecule has 1 aromatic heterocycles. The molecule has 0 fully saturated rings. The van der Waals surface area contributed by atoms with Crippen molar-refractivity contribution in [3.8, 4) is 17.2 Å². The van der Waals surface area contributed by atoms with Gasteiger partial charge in [-0.3, -0.25) is 4.79 Å². The molecule has 0 bridgehead atoms. The molecule has 1 atom stereocenters. The van der Waals surface area contributed by atoms with Crippen molar-refractivity contribution in [3.63, 3.8) is 0 Å². The van der Waals surface area contributed by atoms with E-state index in [4.69, 9.17) is 27.9 Å². The van der Waals surface area contributed by atoms with Crippen LogP contribution in [0.1, 0.15) is 28.7 Å². The largest absolute Gasteiger partial charge is 0.481 e. The lowest BCUT2D eigenvalue weighted by molar-refractivity contribution is -0.0498. The number of carbonyl (C=O) groups excluding carboxylic acids is 1. The normalized spacial score (nSPS) is 12.1. The third-order valence-electron chi connectivity index (χ3n) is 4.58. The number of carbonyl (C=O) groups is 1. The third kappa shape index (κ3) is 4.77. The number of ketones is 1. The van der Waals surface area contributed by atoms with Crippen LogP contribution in [0, 0.1) is 13.8 Å². The summed E-state index contributed by atoms with van der Waals surface area (Å²) in [7, 11) is 0. The van der Waals surface area contributed by atoms with Crippen molar-refractivity contribution < 1.29 is 23.0 Å². The Labute approximate surface area is 182 Å². The third-order valence-corrected chi connectivity index (χ3v) is 5.13. The minimum absolute atomic E-state index is 0.0629. The number of alkyl halides is 2. The lowest BCUT2D eigenvalue weighted by atomic mass is 10.1. The van der Waals surface area contributed by atoms with Crippen LogP contribution in [0.25, 0.3) is 5.69 Å². The summed E-state index contributed by atoms with van der Waals surface area (Å²) in [5, 5.41) is 0.808. The summed E-state index contributed by atoms with van der Waals surface area (Å²) in [6.45, 7) is 2.42. The Morgan fingerprint density at radius 3 is 2.30 bits per heavy atom. The van der Waals surface area contributed by atoms with Crippen LogP contribution in [0.15, 0.2) is 48.5 Å². The van der Waals surface area contributed by atoms with Gasteiger partial charge in [0.15, 0.2) is 6.10 Å². The van der Waals surface area contributed by atoms with E-state index < -0.39 is 12.7 Å². The average molecular weight is 454 g/mol. The number of benzene rings is 2. The van der Waals surface area contributed by atoms with Gasteiger partial charge in [0.25, 0.3) is 0 Å². The molecular formula is C22H19Cl2F2NO3. The fraction of sp³-hybridized carbons (Fsp3) is 0.227. The molecule has 0 aliphatic heterocycles. The lowest BCUT2D eigenvalue weighted by Crippen LogP contribution is -2.24. The predicted octanol–water partition coefficient (Wildman–Crippen LogP) is 6.65. The number of hydrogen-bond donors (Lipinski definition) is 0. The summed E-state index contributed by atoms with van der Waals surface area (Å²) in [6, 6.07) is 12.8. The summed E-state index contributed by atoms with van der Waals surface area (Å²) >= 11 is 12.1. The second kappa shape index (κ2) is 9.06. The van der Waals surface area contributed by atoms with Gasteiger partial charge in [-0.15, -0.1) is 0 Å². The van der Waals surface area contributed by atoms with Gasteiger partial charge < -0.3 is 14.0 Å². The zero-order chi connectivity index (χ0) is 22.0. The highest BCUT2D eigenvalue weighted by Gasteiger charge is 2.23. The fourth-order valence-corrected chi connectivity index (χ4v) is 3.54. The molecule has 0 N–H and O–H groups in total. The molecule has 158 valence electrons. The van der Waals surface area contributed by atoms with Gasteiger partial charge in [-0.1, -0.05) is 23.2 Å². The van der Waals surface area contributed by atoms with Crippen molar-refractivity contribution in [1.29, 1.82) is 0 Å². The van der Waals surface area contributed by atoms with E-state index in [9.17, 15) is 13.6 Å². The van der Waals surface area contributed by atoms with Crippen LogP contribution < -0.4 is 9.47 Å². The van der Waals surface area contributed by atoms with E-state index in [-0.39, 0.29) is 11.5 Å². The molecule has 0 aliphatic carbocycles. The first-order chi connectivity index (χ1) is 14.2. The first-order valence-corrected chi connectivity index (χ1v) is 9.83. The molecule has 1 unspecified atom stereocenters. The molecule has 3 rings (SSSR count). The van der Waals surface area contributed by atoms with E-state index >= 15 is 0 Å². The second-order valence-electron chi connectivity index (χ2n) is 6.69. The van der Waals surface area contributed by atoms with Gasteiger partial charge in [0, 0.05) is 33.7 Å². The number of aromatic nitrogens is 1. The Balaban J connectivity index is 1.85. The van der Waals surface area contributed by atoms with Crippen LogP contribution in [0.4, 0.5) is 8.78 Å². The summed E-state index contributed by atoms with van der Waals surface area (Å²) in [5.74, 6) is 0.171. The molecule has 2 aromatic carbocycles. The Bertz CT molecular complexity index is 1060. The van der Waals surface area contributed by atoms with E-state index in [0.29, 0.717) is 27.1 Å². The number of halogens is 4. The molecule has 0 saturated carbocycles. The van der Waals surface area contributed by atoms with E-state index in [0.717, 1.165) is 11.4 Å².